The second-order valence-electron chi connectivity index (χ2n) is 7.66. The quantitative estimate of drug-likeness (QED) is 0.610. The molecule has 3 aromatic heterocycles. The van der Waals surface area contributed by atoms with Crippen molar-refractivity contribution in [2.45, 2.75) is 18.9 Å². The van der Waals surface area contributed by atoms with Crippen LogP contribution in [0.25, 0.3) is 16.9 Å². The summed E-state index contributed by atoms with van der Waals surface area (Å²) in [7, 11) is 0. The Bertz CT molecular complexity index is 963. The second-order valence-corrected chi connectivity index (χ2v) is 8.44. The molecule has 0 spiro atoms. The number of ether oxygens (including phenoxy) is 1. The molecule has 3 aromatic rings. The van der Waals surface area contributed by atoms with E-state index in [4.69, 9.17) is 14.7 Å². The molecule has 30 heavy (non-hydrogen) atoms. The molecule has 0 unspecified atom stereocenters. The Labute approximate surface area is 179 Å². The zero-order valence-electron chi connectivity index (χ0n) is 16.9. The molecule has 5 heterocycles. The van der Waals surface area contributed by atoms with Gasteiger partial charge in [0.15, 0.2) is 17.0 Å². The van der Waals surface area contributed by atoms with Crippen LogP contribution in [-0.4, -0.2) is 88.1 Å². The fourth-order valence-corrected chi connectivity index (χ4v) is 4.91. The fourth-order valence-electron chi connectivity index (χ4n) is 4.28. The molecule has 10 heteroatoms. The highest BCUT2D eigenvalue weighted by molar-refractivity contribution is 7.08. The molecule has 9 nitrogen and oxygen atoms in total. The standard InChI is InChI=1S/C20H27N7O2S/c28-9-4-21-18-17-19(27(14-22-17)16-3-12-30-13-16)24-20(23-18)26-5-1-15(2-6-26)25-7-10-29-11-8-25/h3,12-15,28H,1-2,4-11H2,(H,21,23,24). The third-order valence-electron chi connectivity index (χ3n) is 5.88. The highest BCUT2D eigenvalue weighted by Gasteiger charge is 2.27. The van der Waals surface area contributed by atoms with E-state index in [-0.39, 0.29) is 6.61 Å². The molecule has 0 amide bonds. The van der Waals surface area contributed by atoms with Gasteiger partial charge in [-0.3, -0.25) is 9.47 Å². The number of aliphatic hydroxyl groups is 1. The van der Waals surface area contributed by atoms with Crippen LogP contribution in [0.1, 0.15) is 12.8 Å². The molecular formula is C20H27N7O2S. The summed E-state index contributed by atoms with van der Waals surface area (Å²) in [6.07, 6.45) is 4.00. The minimum absolute atomic E-state index is 0.0387. The van der Waals surface area contributed by atoms with Gasteiger partial charge in [-0.1, -0.05) is 0 Å². The molecule has 160 valence electrons. The Morgan fingerprint density at radius 3 is 2.73 bits per heavy atom. The highest BCUT2D eigenvalue weighted by Crippen LogP contribution is 2.27. The van der Waals surface area contributed by atoms with Crippen molar-refractivity contribution in [2.75, 3.05) is 62.8 Å². The Morgan fingerprint density at radius 1 is 1.17 bits per heavy atom. The van der Waals surface area contributed by atoms with Crippen LogP contribution in [0.15, 0.2) is 23.2 Å². The lowest BCUT2D eigenvalue weighted by molar-refractivity contribution is 0.0114. The Balaban J connectivity index is 1.41. The summed E-state index contributed by atoms with van der Waals surface area (Å²) in [6.45, 7) is 6.06. The van der Waals surface area contributed by atoms with Crippen molar-refractivity contribution in [3.8, 4) is 5.69 Å². The molecule has 0 saturated carbocycles. The van der Waals surface area contributed by atoms with Gasteiger partial charge >= 0.3 is 0 Å². The number of nitrogens with zero attached hydrogens (tertiary/aromatic N) is 6. The largest absolute Gasteiger partial charge is 0.395 e. The minimum atomic E-state index is 0.0387. The van der Waals surface area contributed by atoms with Gasteiger partial charge in [0.05, 0.1) is 25.5 Å². The van der Waals surface area contributed by atoms with Crippen molar-refractivity contribution in [1.82, 2.24) is 24.4 Å². The first-order valence-corrected chi connectivity index (χ1v) is 11.5. The van der Waals surface area contributed by atoms with E-state index in [0.717, 1.165) is 75.0 Å². The summed E-state index contributed by atoms with van der Waals surface area (Å²) in [5.74, 6) is 1.40. The van der Waals surface area contributed by atoms with Gasteiger partial charge in [0.2, 0.25) is 5.95 Å². The van der Waals surface area contributed by atoms with E-state index >= 15 is 0 Å². The maximum Gasteiger partial charge on any atom is 0.229 e. The molecule has 2 fully saturated rings. The lowest BCUT2D eigenvalue weighted by atomic mass is 10.0. The van der Waals surface area contributed by atoms with Crippen LogP contribution in [0.5, 0.6) is 0 Å². The van der Waals surface area contributed by atoms with Gasteiger partial charge in [-0.25, -0.2) is 4.98 Å². The van der Waals surface area contributed by atoms with Crippen LogP contribution >= 0.6 is 11.3 Å². The normalized spacial score (nSPS) is 18.9. The number of piperidine rings is 1. The van der Waals surface area contributed by atoms with Crippen molar-refractivity contribution in [3.05, 3.63) is 23.2 Å². The Kier molecular flexibility index (Phi) is 5.80. The van der Waals surface area contributed by atoms with Crippen LogP contribution < -0.4 is 10.2 Å². The molecule has 5 rings (SSSR count). The third kappa shape index (κ3) is 3.87. The van der Waals surface area contributed by atoms with E-state index in [1.54, 1.807) is 17.7 Å². The molecule has 0 aliphatic carbocycles. The first kappa shape index (κ1) is 19.7. The number of hydrogen-bond acceptors (Lipinski definition) is 9. The average Bonchev–Trinajstić information content (AvgIpc) is 3.48. The Hall–Kier alpha value is -2.27. The minimum Gasteiger partial charge on any atom is -0.395 e. The van der Waals surface area contributed by atoms with Gasteiger partial charge in [-0.05, 0) is 24.3 Å². The van der Waals surface area contributed by atoms with Crippen molar-refractivity contribution in [1.29, 1.82) is 0 Å². The van der Waals surface area contributed by atoms with Crippen LogP contribution in [0, 0.1) is 0 Å². The smallest absolute Gasteiger partial charge is 0.229 e. The molecule has 0 bridgehead atoms. The van der Waals surface area contributed by atoms with Gasteiger partial charge in [-0.15, -0.1) is 0 Å². The molecule has 0 atom stereocenters. The summed E-state index contributed by atoms with van der Waals surface area (Å²) in [5.41, 5.74) is 2.56. The number of imidazole rings is 1. The molecule has 2 saturated heterocycles. The SMILES string of the molecule is OCCNc1nc(N2CCC(N3CCOCC3)CC2)nc2c1ncn2-c1ccsc1. The van der Waals surface area contributed by atoms with Crippen LogP contribution in [0.4, 0.5) is 11.8 Å². The lowest BCUT2D eigenvalue weighted by Gasteiger charge is -2.40. The van der Waals surface area contributed by atoms with Gasteiger partial charge in [0.25, 0.3) is 0 Å². The molecule has 2 aliphatic heterocycles. The maximum absolute atomic E-state index is 9.27. The van der Waals surface area contributed by atoms with Crippen LogP contribution in [0.3, 0.4) is 0 Å². The van der Waals surface area contributed by atoms with Gasteiger partial charge < -0.3 is 20.1 Å². The summed E-state index contributed by atoms with van der Waals surface area (Å²) >= 11 is 1.65. The fraction of sp³-hybridized carbons (Fsp3) is 0.550. The zero-order chi connectivity index (χ0) is 20.3. The summed E-state index contributed by atoms with van der Waals surface area (Å²) in [5, 5.41) is 16.6. The van der Waals surface area contributed by atoms with E-state index in [9.17, 15) is 5.11 Å². The predicted octanol–water partition coefficient (Wildman–Crippen LogP) is 1.58. The number of nitrogens with one attached hydrogen (secondary N) is 1. The molecule has 0 aromatic carbocycles. The molecule has 0 radical (unpaired) electrons. The van der Waals surface area contributed by atoms with Gasteiger partial charge in [0.1, 0.15) is 6.33 Å². The first-order chi connectivity index (χ1) is 14.8. The van der Waals surface area contributed by atoms with Crippen molar-refractivity contribution < 1.29 is 9.84 Å². The lowest BCUT2D eigenvalue weighted by Crippen LogP contribution is -2.49. The van der Waals surface area contributed by atoms with Crippen molar-refractivity contribution in [2.24, 2.45) is 0 Å². The predicted molar refractivity (Wildman–Crippen MR) is 118 cm³/mol. The monoisotopic (exact) mass is 429 g/mol. The number of rotatable bonds is 6. The van der Waals surface area contributed by atoms with E-state index in [0.29, 0.717) is 18.4 Å². The maximum atomic E-state index is 9.27. The van der Waals surface area contributed by atoms with Crippen molar-refractivity contribution >= 4 is 34.3 Å². The van der Waals surface area contributed by atoms with Crippen molar-refractivity contribution in [3.63, 3.8) is 0 Å². The van der Waals surface area contributed by atoms with Crippen LogP contribution in [-0.2, 0) is 4.74 Å². The number of aromatic nitrogens is 4. The zero-order valence-corrected chi connectivity index (χ0v) is 17.7. The third-order valence-corrected chi connectivity index (χ3v) is 6.55. The second kappa shape index (κ2) is 8.84. The number of fused-ring (bicyclic) bond motifs is 1. The number of thiophene rings is 1. The van der Waals surface area contributed by atoms with Gasteiger partial charge in [0, 0.05) is 44.1 Å². The molecular weight excluding hydrogens is 402 g/mol. The summed E-state index contributed by atoms with van der Waals surface area (Å²) < 4.78 is 7.50. The Morgan fingerprint density at radius 2 is 2.00 bits per heavy atom. The molecule has 2 N–H and O–H groups in total. The topological polar surface area (TPSA) is 91.6 Å². The summed E-state index contributed by atoms with van der Waals surface area (Å²) in [4.78, 5) is 19.1. The van der Waals surface area contributed by atoms with E-state index < -0.39 is 0 Å². The number of aliphatic hydroxyl groups excluding tert-OH is 1. The van der Waals surface area contributed by atoms with Crippen LogP contribution in [0.2, 0.25) is 0 Å². The highest BCUT2D eigenvalue weighted by atomic mass is 32.1. The van der Waals surface area contributed by atoms with E-state index in [1.807, 2.05) is 9.95 Å². The first-order valence-electron chi connectivity index (χ1n) is 10.5. The average molecular weight is 430 g/mol. The number of hydrogen-bond donors (Lipinski definition) is 2. The van der Waals surface area contributed by atoms with E-state index in [1.165, 1.54) is 0 Å². The number of anilines is 2. The molecule has 2 aliphatic rings. The summed E-state index contributed by atoms with van der Waals surface area (Å²) in [6, 6.07) is 2.67. The van der Waals surface area contributed by atoms with E-state index in [2.05, 4.69) is 31.5 Å². The van der Waals surface area contributed by atoms with Gasteiger partial charge in [-0.2, -0.15) is 21.3 Å². The number of morpholine rings is 1.